The number of hydrogen-bond donors (Lipinski definition) is 1. The lowest BCUT2D eigenvalue weighted by Crippen LogP contribution is -2.14. The van der Waals surface area contributed by atoms with Crippen molar-refractivity contribution < 1.29 is 14.6 Å². The fourth-order valence-electron chi connectivity index (χ4n) is 1.62. The van der Waals surface area contributed by atoms with Gasteiger partial charge in [-0.3, -0.25) is 4.79 Å². The molecule has 0 saturated heterocycles. The Morgan fingerprint density at radius 3 is 2.53 bits per heavy atom. The van der Waals surface area contributed by atoms with Crippen LogP contribution in [-0.2, 0) is 10.2 Å². The van der Waals surface area contributed by atoms with E-state index in [0.717, 1.165) is 16.9 Å². The summed E-state index contributed by atoms with van der Waals surface area (Å²) < 4.78 is 5.57. The third-order valence-electron chi connectivity index (χ3n) is 2.52. The zero-order valence-corrected chi connectivity index (χ0v) is 10.9. The summed E-state index contributed by atoms with van der Waals surface area (Å²) >= 11 is 0. The van der Waals surface area contributed by atoms with E-state index in [4.69, 9.17) is 9.84 Å². The van der Waals surface area contributed by atoms with Crippen molar-refractivity contribution in [3.05, 3.63) is 29.3 Å². The van der Waals surface area contributed by atoms with Crippen molar-refractivity contribution in [3.63, 3.8) is 0 Å². The Morgan fingerprint density at radius 1 is 1.35 bits per heavy atom. The topological polar surface area (TPSA) is 46.5 Å². The summed E-state index contributed by atoms with van der Waals surface area (Å²) in [5.41, 5.74) is 2.21. The van der Waals surface area contributed by atoms with Crippen molar-refractivity contribution >= 4 is 5.97 Å². The molecule has 1 rings (SSSR count). The standard InChI is InChI=1S/C14H20O3/c1-10-5-6-11(14(2,3)4)12(9-10)17-8-7-13(15)16/h5-6,9H,7-8H2,1-4H3,(H,15,16). The van der Waals surface area contributed by atoms with Crippen LogP contribution in [0, 0.1) is 6.92 Å². The average molecular weight is 236 g/mol. The van der Waals surface area contributed by atoms with E-state index in [1.54, 1.807) is 0 Å². The molecule has 0 heterocycles. The number of hydrogen-bond acceptors (Lipinski definition) is 2. The van der Waals surface area contributed by atoms with E-state index < -0.39 is 5.97 Å². The third-order valence-corrected chi connectivity index (χ3v) is 2.52. The van der Waals surface area contributed by atoms with Gasteiger partial charge in [0.1, 0.15) is 5.75 Å². The van der Waals surface area contributed by atoms with Gasteiger partial charge in [0, 0.05) is 0 Å². The molecule has 0 bridgehead atoms. The highest BCUT2D eigenvalue weighted by atomic mass is 16.5. The molecular formula is C14H20O3. The van der Waals surface area contributed by atoms with E-state index >= 15 is 0 Å². The summed E-state index contributed by atoms with van der Waals surface area (Å²) in [5.74, 6) is -0.0475. The van der Waals surface area contributed by atoms with Crippen molar-refractivity contribution in [2.24, 2.45) is 0 Å². The van der Waals surface area contributed by atoms with Gasteiger partial charge in [-0.05, 0) is 29.5 Å². The molecule has 0 saturated carbocycles. The van der Waals surface area contributed by atoms with Crippen LogP contribution in [-0.4, -0.2) is 17.7 Å². The van der Waals surface area contributed by atoms with Gasteiger partial charge in [0.25, 0.3) is 0 Å². The lowest BCUT2D eigenvalue weighted by atomic mass is 9.86. The Balaban J connectivity index is 2.88. The smallest absolute Gasteiger partial charge is 0.306 e. The zero-order chi connectivity index (χ0) is 13.1. The maximum Gasteiger partial charge on any atom is 0.306 e. The maximum atomic E-state index is 10.5. The van der Waals surface area contributed by atoms with Gasteiger partial charge in [-0.1, -0.05) is 32.9 Å². The van der Waals surface area contributed by atoms with Crippen molar-refractivity contribution in [2.45, 2.75) is 39.5 Å². The number of carboxylic acids is 1. The molecule has 3 nitrogen and oxygen atoms in total. The van der Waals surface area contributed by atoms with Crippen LogP contribution in [0.3, 0.4) is 0 Å². The lowest BCUT2D eigenvalue weighted by Gasteiger charge is -2.23. The van der Waals surface area contributed by atoms with Crippen LogP contribution in [0.1, 0.15) is 38.3 Å². The summed E-state index contributed by atoms with van der Waals surface area (Å²) in [4.78, 5) is 10.5. The largest absolute Gasteiger partial charge is 0.493 e. The van der Waals surface area contributed by atoms with Crippen molar-refractivity contribution in [3.8, 4) is 5.75 Å². The highest BCUT2D eigenvalue weighted by Crippen LogP contribution is 2.32. The van der Waals surface area contributed by atoms with E-state index in [9.17, 15) is 4.79 Å². The molecule has 3 heteroatoms. The molecule has 94 valence electrons. The Labute approximate surface area is 102 Å². The highest BCUT2D eigenvalue weighted by molar-refractivity contribution is 5.66. The number of carbonyl (C=O) groups is 1. The number of aliphatic carboxylic acids is 1. The lowest BCUT2D eigenvalue weighted by molar-refractivity contribution is -0.137. The molecule has 0 radical (unpaired) electrons. The molecule has 0 aliphatic carbocycles. The second-order valence-electron chi connectivity index (χ2n) is 5.24. The summed E-state index contributed by atoms with van der Waals surface area (Å²) in [6.07, 6.45) is 0.0253. The molecule has 17 heavy (non-hydrogen) atoms. The van der Waals surface area contributed by atoms with Gasteiger partial charge in [0.05, 0.1) is 13.0 Å². The van der Waals surface area contributed by atoms with Crippen molar-refractivity contribution in [1.29, 1.82) is 0 Å². The van der Waals surface area contributed by atoms with Crippen LogP contribution in [0.25, 0.3) is 0 Å². The highest BCUT2D eigenvalue weighted by Gasteiger charge is 2.18. The molecule has 0 unspecified atom stereocenters. The molecule has 0 fully saturated rings. The second kappa shape index (κ2) is 5.21. The minimum atomic E-state index is -0.838. The zero-order valence-electron chi connectivity index (χ0n) is 10.9. The average Bonchev–Trinajstić information content (AvgIpc) is 2.15. The van der Waals surface area contributed by atoms with Gasteiger partial charge in [0.2, 0.25) is 0 Å². The molecule has 0 aliphatic heterocycles. The molecule has 1 aromatic carbocycles. The summed E-state index contributed by atoms with van der Waals surface area (Å²) in [6, 6.07) is 6.05. The van der Waals surface area contributed by atoms with Gasteiger partial charge in [-0.2, -0.15) is 0 Å². The molecule has 0 spiro atoms. The van der Waals surface area contributed by atoms with E-state index in [-0.39, 0.29) is 18.4 Å². The Kier molecular flexibility index (Phi) is 4.16. The van der Waals surface area contributed by atoms with Gasteiger partial charge in [-0.25, -0.2) is 0 Å². The van der Waals surface area contributed by atoms with Crippen molar-refractivity contribution in [2.75, 3.05) is 6.61 Å². The third kappa shape index (κ3) is 4.10. The van der Waals surface area contributed by atoms with E-state index in [1.807, 2.05) is 25.1 Å². The Bertz CT molecular complexity index is 402. The summed E-state index contributed by atoms with van der Waals surface area (Å²) in [6.45, 7) is 8.55. The van der Waals surface area contributed by atoms with Crippen LogP contribution >= 0.6 is 0 Å². The van der Waals surface area contributed by atoms with E-state index in [0.29, 0.717) is 0 Å². The van der Waals surface area contributed by atoms with E-state index in [2.05, 4.69) is 20.8 Å². The number of aryl methyl sites for hydroxylation is 1. The maximum absolute atomic E-state index is 10.5. The van der Waals surface area contributed by atoms with Gasteiger partial charge in [-0.15, -0.1) is 0 Å². The Hall–Kier alpha value is -1.51. The van der Waals surface area contributed by atoms with Crippen LogP contribution in [0.15, 0.2) is 18.2 Å². The molecule has 0 amide bonds. The molecule has 0 aliphatic rings. The molecule has 0 aromatic heterocycles. The summed E-state index contributed by atoms with van der Waals surface area (Å²) in [7, 11) is 0. The predicted octanol–water partition coefficient (Wildman–Crippen LogP) is 3.15. The van der Waals surface area contributed by atoms with Crippen LogP contribution in [0.5, 0.6) is 5.75 Å². The molecule has 0 atom stereocenters. The van der Waals surface area contributed by atoms with E-state index in [1.165, 1.54) is 0 Å². The number of carboxylic acid groups (broad SMARTS) is 1. The van der Waals surface area contributed by atoms with Crippen LogP contribution in [0.4, 0.5) is 0 Å². The van der Waals surface area contributed by atoms with Gasteiger partial charge < -0.3 is 9.84 Å². The van der Waals surface area contributed by atoms with Gasteiger partial charge in [0.15, 0.2) is 0 Å². The first-order valence-corrected chi connectivity index (χ1v) is 5.76. The molecular weight excluding hydrogens is 216 g/mol. The monoisotopic (exact) mass is 236 g/mol. The molecule has 1 N–H and O–H groups in total. The first kappa shape index (κ1) is 13.6. The quantitative estimate of drug-likeness (QED) is 0.873. The number of benzene rings is 1. The minimum absolute atomic E-state index is 0.00768. The Morgan fingerprint density at radius 2 is 2.00 bits per heavy atom. The normalized spacial score (nSPS) is 11.3. The minimum Gasteiger partial charge on any atom is -0.493 e. The second-order valence-corrected chi connectivity index (χ2v) is 5.24. The van der Waals surface area contributed by atoms with Crippen molar-refractivity contribution in [1.82, 2.24) is 0 Å². The first-order valence-electron chi connectivity index (χ1n) is 5.76. The summed E-state index contributed by atoms with van der Waals surface area (Å²) in [5, 5.41) is 8.60. The number of rotatable bonds is 4. The molecule has 1 aromatic rings. The fraction of sp³-hybridized carbons (Fsp3) is 0.500. The first-order chi connectivity index (χ1) is 7.80. The predicted molar refractivity (Wildman–Crippen MR) is 67.6 cm³/mol. The van der Waals surface area contributed by atoms with Crippen LogP contribution in [0.2, 0.25) is 0 Å². The van der Waals surface area contributed by atoms with Crippen LogP contribution < -0.4 is 4.74 Å². The SMILES string of the molecule is Cc1ccc(C(C)(C)C)c(OCCC(=O)O)c1. The number of ether oxygens (including phenoxy) is 1. The fourth-order valence-corrected chi connectivity index (χ4v) is 1.62. The van der Waals surface area contributed by atoms with Gasteiger partial charge >= 0.3 is 5.97 Å².